The molecule has 0 fully saturated rings. The number of hydrogen-bond donors (Lipinski definition) is 2. The molecule has 4 aromatic carbocycles. The number of H-pyrrole nitrogens is 1. The standard InChI is InChI=1S/C12H13NO2.C9H12.C8H9F.C8H9NO3S/c1-7-4-5-8(2)11-9(7)6-10(13-11)12(14)15-3;1-7-4-5-8(2)9(3)6-7;1-6-3-4-7(2)8(9)5-6;1-6-3-2-4-7-8(6)12-5-13(10,11)9-7/h4-6,13H,1-3H3;4-6H,1-3H3;3-5H,1-2H3;2-4,9H,5H2,1H3. The topological polar surface area (TPSA) is 97.5 Å². The van der Waals surface area contributed by atoms with Crippen molar-refractivity contribution in [3.8, 4) is 5.75 Å². The van der Waals surface area contributed by atoms with Gasteiger partial charge in [-0.1, -0.05) is 60.2 Å². The zero-order chi connectivity index (χ0) is 34.2. The number of carbonyl (C=O) groups excluding carboxylic acids is 1. The molecule has 9 heteroatoms. The number of nitrogens with one attached hydrogen (secondary N) is 2. The zero-order valence-electron chi connectivity index (χ0n) is 28.0. The number of carbonyl (C=O) groups is 1. The number of sulfonamides is 1. The molecule has 0 atom stereocenters. The SMILES string of the molecule is COC(=O)c1cc2c(C)ccc(C)c2[nH]1.Cc1ccc(C)c(C)c1.Cc1ccc(C)c(F)c1.Cc1cccc2c1OCS(=O)(=O)N2. The number of benzene rings is 4. The first-order valence-corrected chi connectivity index (χ1v) is 16.4. The third-order valence-corrected chi connectivity index (χ3v) is 8.41. The minimum atomic E-state index is -3.29. The van der Waals surface area contributed by atoms with Crippen LogP contribution in [0.5, 0.6) is 5.75 Å². The van der Waals surface area contributed by atoms with Gasteiger partial charge in [0.05, 0.1) is 12.8 Å². The number of hydrogen-bond acceptors (Lipinski definition) is 5. The van der Waals surface area contributed by atoms with E-state index >= 15 is 0 Å². The molecule has 0 spiro atoms. The number of aryl methyl sites for hydroxylation is 8. The number of fused-ring (bicyclic) bond motifs is 2. The number of aromatic amines is 1. The van der Waals surface area contributed by atoms with E-state index in [1.54, 1.807) is 25.1 Å². The second-order valence-electron chi connectivity index (χ2n) is 11.4. The summed E-state index contributed by atoms with van der Waals surface area (Å²) in [6.45, 7) is 15.9. The molecule has 0 saturated heterocycles. The first-order chi connectivity index (χ1) is 21.6. The molecule has 0 saturated carbocycles. The van der Waals surface area contributed by atoms with Gasteiger partial charge in [0, 0.05) is 10.9 Å². The van der Waals surface area contributed by atoms with Crippen molar-refractivity contribution >= 4 is 32.6 Å². The molecule has 1 aliphatic heterocycles. The maximum atomic E-state index is 12.6. The van der Waals surface area contributed by atoms with Gasteiger partial charge >= 0.3 is 5.97 Å². The van der Waals surface area contributed by atoms with E-state index in [0.717, 1.165) is 33.2 Å². The number of para-hydroxylation sites is 1. The van der Waals surface area contributed by atoms with Crippen LogP contribution in [0.25, 0.3) is 10.9 Å². The Kier molecular flexibility index (Phi) is 12.1. The molecule has 1 aliphatic rings. The van der Waals surface area contributed by atoms with Crippen molar-refractivity contribution in [2.75, 3.05) is 17.8 Å². The van der Waals surface area contributed by atoms with Gasteiger partial charge in [0.25, 0.3) is 10.0 Å². The van der Waals surface area contributed by atoms with Gasteiger partial charge in [-0.05, 0) is 113 Å². The number of aromatic nitrogens is 1. The van der Waals surface area contributed by atoms with E-state index in [1.165, 1.54) is 29.9 Å². The van der Waals surface area contributed by atoms with Gasteiger partial charge in [0.2, 0.25) is 5.94 Å². The molecular formula is C37H43FN2O5S. The molecule has 7 nitrogen and oxygen atoms in total. The lowest BCUT2D eigenvalue weighted by molar-refractivity contribution is 0.0595. The highest BCUT2D eigenvalue weighted by Gasteiger charge is 2.21. The lowest BCUT2D eigenvalue weighted by Gasteiger charge is -2.20. The van der Waals surface area contributed by atoms with Gasteiger partial charge in [-0.15, -0.1) is 0 Å². The van der Waals surface area contributed by atoms with Crippen LogP contribution in [0.3, 0.4) is 0 Å². The van der Waals surface area contributed by atoms with Crippen molar-refractivity contribution in [3.05, 3.63) is 129 Å². The number of rotatable bonds is 1. The smallest absolute Gasteiger partial charge is 0.354 e. The second-order valence-corrected chi connectivity index (χ2v) is 13.1. The quantitative estimate of drug-likeness (QED) is 0.178. The van der Waals surface area contributed by atoms with E-state index in [0.29, 0.717) is 22.7 Å². The Labute approximate surface area is 271 Å². The summed E-state index contributed by atoms with van der Waals surface area (Å²) in [6.07, 6.45) is 0. The van der Waals surface area contributed by atoms with E-state index in [-0.39, 0.29) is 17.7 Å². The molecular weight excluding hydrogens is 603 g/mol. The number of anilines is 1. The van der Waals surface area contributed by atoms with Crippen molar-refractivity contribution in [2.45, 2.75) is 55.4 Å². The first kappa shape index (κ1) is 35.8. The zero-order valence-corrected chi connectivity index (χ0v) is 28.8. The average molecular weight is 647 g/mol. The molecule has 46 heavy (non-hydrogen) atoms. The van der Waals surface area contributed by atoms with E-state index in [1.807, 2.05) is 58.0 Å². The summed E-state index contributed by atoms with van der Waals surface area (Å²) in [4.78, 5) is 14.4. The molecule has 0 unspecified atom stereocenters. The summed E-state index contributed by atoms with van der Waals surface area (Å²) in [5, 5.41) is 1.08. The summed E-state index contributed by atoms with van der Waals surface area (Å²) >= 11 is 0. The Balaban J connectivity index is 0.000000171. The summed E-state index contributed by atoms with van der Waals surface area (Å²) in [5.41, 5.74) is 11.0. The largest absolute Gasteiger partial charge is 0.473 e. The van der Waals surface area contributed by atoms with Crippen LogP contribution in [-0.2, 0) is 14.8 Å². The van der Waals surface area contributed by atoms with Gasteiger partial charge in [0.15, 0.2) is 0 Å². The minimum Gasteiger partial charge on any atom is -0.473 e. The van der Waals surface area contributed by atoms with E-state index in [2.05, 4.69) is 53.4 Å². The van der Waals surface area contributed by atoms with Crippen LogP contribution in [0.15, 0.2) is 72.8 Å². The molecule has 6 rings (SSSR count). The normalized spacial score (nSPS) is 12.4. The van der Waals surface area contributed by atoms with Crippen molar-refractivity contribution in [3.63, 3.8) is 0 Å². The van der Waals surface area contributed by atoms with E-state index in [9.17, 15) is 17.6 Å². The number of esters is 1. The van der Waals surface area contributed by atoms with Crippen LogP contribution in [0.4, 0.5) is 10.1 Å². The molecule has 2 N–H and O–H groups in total. The lowest BCUT2D eigenvalue weighted by atomic mass is 10.1. The molecule has 244 valence electrons. The Morgan fingerprint density at radius 1 is 0.739 bits per heavy atom. The number of methoxy groups -OCH3 is 1. The van der Waals surface area contributed by atoms with Gasteiger partial charge < -0.3 is 14.5 Å². The van der Waals surface area contributed by atoms with Crippen LogP contribution in [0.1, 0.15) is 55.0 Å². The third-order valence-electron chi connectivity index (χ3n) is 7.45. The monoisotopic (exact) mass is 646 g/mol. The Bertz CT molecular complexity index is 1860. The van der Waals surface area contributed by atoms with Crippen molar-refractivity contribution < 1.29 is 27.1 Å². The van der Waals surface area contributed by atoms with E-state index < -0.39 is 10.0 Å². The van der Waals surface area contributed by atoms with Crippen LogP contribution in [0, 0.1) is 61.2 Å². The predicted octanol–water partition coefficient (Wildman–Crippen LogP) is 8.71. The summed E-state index contributed by atoms with van der Waals surface area (Å²) in [6, 6.07) is 23.0. The fraction of sp³-hybridized carbons (Fsp3) is 0.270. The average Bonchev–Trinajstić information content (AvgIpc) is 3.47. The molecule has 0 amide bonds. The van der Waals surface area contributed by atoms with Gasteiger partial charge in [-0.2, -0.15) is 0 Å². The highest BCUT2D eigenvalue weighted by atomic mass is 32.2. The second kappa shape index (κ2) is 15.6. The Morgan fingerprint density at radius 3 is 1.91 bits per heavy atom. The van der Waals surface area contributed by atoms with Crippen LogP contribution in [0.2, 0.25) is 0 Å². The maximum absolute atomic E-state index is 12.6. The minimum absolute atomic E-state index is 0.116. The van der Waals surface area contributed by atoms with Crippen LogP contribution >= 0.6 is 0 Å². The summed E-state index contributed by atoms with van der Waals surface area (Å²) in [7, 11) is -1.90. The highest BCUT2D eigenvalue weighted by Crippen LogP contribution is 2.32. The first-order valence-electron chi connectivity index (χ1n) is 14.8. The predicted molar refractivity (Wildman–Crippen MR) is 185 cm³/mol. The van der Waals surface area contributed by atoms with Crippen LogP contribution in [-0.4, -0.2) is 32.4 Å². The van der Waals surface area contributed by atoms with Crippen LogP contribution < -0.4 is 9.46 Å². The maximum Gasteiger partial charge on any atom is 0.354 e. The third kappa shape index (κ3) is 9.68. The van der Waals surface area contributed by atoms with Crippen molar-refractivity contribution in [1.82, 2.24) is 4.98 Å². The number of halogens is 1. The van der Waals surface area contributed by atoms with E-state index in [4.69, 9.17) is 4.74 Å². The van der Waals surface area contributed by atoms with Crippen molar-refractivity contribution in [1.29, 1.82) is 0 Å². The van der Waals surface area contributed by atoms with Gasteiger partial charge in [-0.3, -0.25) is 4.72 Å². The molecule has 0 radical (unpaired) electrons. The Hall–Kier alpha value is -4.63. The molecule has 5 aromatic rings. The fourth-order valence-electron chi connectivity index (χ4n) is 4.57. The fourth-order valence-corrected chi connectivity index (χ4v) is 5.39. The molecule has 2 heterocycles. The van der Waals surface area contributed by atoms with Gasteiger partial charge in [0.1, 0.15) is 17.3 Å². The molecule has 0 bridgehead atoms. The summed E-state index contributed by atoms with van der Waals surface area (Å²) in [5.74, 6) is -0.123. The summed E-state index contributed by atoms with van der Waals surface area (Å²) < 4.78 is 47.0. The van der Waals surface area contributed by atoms with Gasteiger partial charge in [-0.25, -0.2) is 17.6 Å². The molecule has 1 aromatic heterocycles. The Morgan fingerprint density at radius 2 is 1.35 bits per heavy atom. The van der Waals surface area contributed by atoms with Crippen molar-refractivity contribution in [2.24, 2.45) is 0 Å². The molecule has 0 aliphatic carbocycles. The number of ether oxygens (including phenoxy) is 2. The highest BCUT2D eigenvalue weighted by molar-refractivity contribution is 7.92. The lowest BCUT2D eigenvalue weighted by Crippen LogP contribution is -2.25.